The number of carbonyl (C=O) groups excluding carboxylic acids is 1. The molecule has 0 fully saturated rings. The van der Waals surface area contributed by atoms with Gasteiger partial charge in [0.05, 0.1) is 0 Å². The van der Waals surface area contributed by atoms with Crippen LogP contribution in [-0.2, 0) is 24.3 Å². The molecule has 0 saturated carbocycles. The van der Waals surface area contributed by atoms with Crippen molar-refractivity contribution in [1.29, 1.82) is 0 Å². The number of nitrogens with one attached hydrogen (secondary N) is 1. The van der Waals surface area contributed by atoms with Gasteiger partial charge in [-0.25, -0.2) is 23.3 Å². The van der Waals surface area contributed by atoms with Crippen LogP contribution in [0, 0.1) is 5.82 Å². The minimum absolute atomic E-state index is 0.225. The zero-order valence-electron chi connectivity index (χ0n) is 16.8. The van der Waals surface area contributed by atoms with Gasteiger partial charge in [-0.3, -0.25) is 4.79 Å². The van der Waals surface area contributed by atoms with Crippen molar-refractivity contribution in [2.75, 3.05) is 0 Å². The van der Waals surface area contributed by atoms with Crippen molar-refractivity contribution in [3.8, 4) is 0 Å². The molecule has 1 amide bonds. The maximum absolute atomic E-state index is 13.0. The first-order chi connectivity index (χ1) is 15.0. The number of hydrogen-bond donors (Lipinski definition) is 1. The third kappa shape index (κ3) is 4.66. The molecule has 9 heteroatoms. The minimum Gasteiger partial charge on any atom is -0.350 e. The molecule has 4 rings (SSSR count). The van der Waals surface area contributed by atoms with Gasteiger partial charge in [0.1, 0.15) is 17.4 Å². The number of nitrogens with zero attached hydrogens (tertiary/aromatic N) is 4. The largest absolute Gasteiger partial charge is 0.350 e. The molecular formula is C22H20FN5O2S. The lowest BCUT2D eigenvalue weighted by Crippen LogP contribution is -2.32. The molecule has 0 aliphatic rings. The van der Waals surface area contributed by atoms with E-state index < -0.39 is 5.69 Å². The Morgan fingerprint density at radius 1 is 1.16 bits per heavy atom. The van der Waals surface area contributed by atoms with E-state index in [0.717, 1.165) is 21.6 Å². The Bertz CT molecular complexity index is 1280. The predicted octanol–water partition coefficient (Wildman–Crippen LogP) is 3.06. The van der Waals surface area contributed by atoms with E-state index in [1.54, 1.807) is 18.3 Å². The average molecular weight is 438 g/mol. The van der Waals surface area contributed by atoms with Crippen molar-refractivity contribution in [2.24, 2.45) is 0 Å². The third-order valence-electron chi connectivity index (χ3n) is 4.73. The van der Waals surface area contributed by atoms with Crippen LogP contribution in [0.5, 0.6) is 0 Å². The summed E-state index contributed by atoms with van der Waals surface area (Å²) < 4.78 is 15.5. The minimum atomic E-state index is -0.417. The average Bonchev–Trinajstić information content (AvgIpc) is 3.10. The SMILES string of the molecule is CCc1ccccc1Sc1nccn2c(=O)n(CC(=O)NCc3ccc(F)cc3)nc12. The maximum atomic E-state index is 13.0. The van der Waals surface area contributed by atoms with Crippen LogP contribution >= 0.6 is 11.8 Å². The quantitative estimate of drug-likeness (QED) is 0.481. The highest BCUT2D eigenvalue weighted by molar-refractivity contribution is 7.99. The maximum Gasteiger partial charge on any atom is 0.350 e. The van der Waals surface area contributed by atoms with Crippen LogP contribution in [0.4, 0.5) is 4.39 Å². The molecule has 158 valence electrons. The summed E-state index contributed by atoms with van der Waals surface area (Å²) in [6.45, 7) is 2.09. The summed E-state index contributed by atoms with van der Waals surface area (Å²) in [6.07, 6.45) is 3.96. The van der Waals surface area contributed by atoms with Gasteiger partial charge in [0.15, 0.2) is 5.65 Å². The fraction of sp³-hybridized carbons (Fsp3) is 0.182. The Morgan fingerprint density at radius 3 is 2.71 bits per heavy atom. The van der Waals surface area contributed by atoms with Gasteiger partial charge in [-0.1, -0.05) is 49.0 Å². The summed E-state index contributed by atoms with van der Waals surface area (Å²) in [7, 11) is 0. The van der Waals surface area contributed by atoms with Crippen LogP contribution in [0.1, 0.15) is 18.1 Å². The highest BCUT2D eigenvalue weighted by Gasteiger charge is 2.15. The molecule has 0 spiro atoms. The van der Waals surface area contributed by atoms with Crippen molar-refractivity contribution in [1.82, 2.24) is 24.5 Å². The second-order valence-corrected chi connectivity index (χ2v) is 7.86. The van der Waals surface area contributed by atoms with E-state index >= 15 is 0 Å². The predicted molar refractivity (Wildman–Crippen MR) is 115 cm³/mol. The zero-order chi connectivity index (χ0) is 21.8. The van der Waals surface area contributed by atoms with Gasteiger partial charge in [-0.2, -0.15) is 0 Å². The molecule has 0 aliphatic carbocycles. The summed E-state index contributed by atoms with van der Waals surface area (Å²) in [6, 6.07) is 13.9. The molecule has 31 heavy (non-hydrogen) atoms. The first-order valence-corrected chi connectivity index (χ1v) is 10.6. The molecule has 0 saturated heterocycles. The van der Waals surface area contributed by atoms with Gasteiger partial charge in [-0.15, -0.1) is 5.10 Å². The highest BCUT2D eigenvalue weighted by atomic mass is 32.2. The number of hydrogen-bond acceptors (Lipinski definition) is 5. The van der Waals surface area contributed by atoms with Crippen LogP contribution in [0.25, 0.3) is 5.65 Å². The van der Waals surface area contributed by atoms with E-state index in [0.29, 0.717) is 10.7 Å². The zero-order valence-corrected chi connectivity index (χ0v) is 17.6. The van der Waals surface area contributed by atoms with E-state index in [1.807, 2.05) is 18.2 Å². The molecular weight excluding hydrogens is 417 g/mol. The lowest BCUT2D eigenvalue weighted by atomic mass is 10.2. The van der Waals surface area contributed by atoms with Gasteiger partial charge in [0.2, 0.25) is 5.91 Å². The molecule has 7 nitrogen and oxygen atoms in total. The monoisotopic (exact) mass is 437 g/mol. The molecule has 0 atom stereocenters. The smallest absolute Gasteiger partial charge is 0.350 e. The standard InChI is InChI=1S/C22H20FN5O2S/c1-2-16-5-3-4-6-18(16)31-21-20-26-28(22(30)27(20)12-11-24-21)14-19(29)25-13-15-7-9-17(23)10-8-15/h3-12H,2,13-14H2,1H3,(H,25,29). The number of rotatable bonds is 7. The van der Waals surface area contributed by atoms with Crippen molar-refractivity contribution in [3.63, 3.8) is 0 Å². The number of benzene rings is 2. The Balaban J connectivity index is 1.53. The van der Waals surface area contributed by atoms with Crippen molar-refractivity contribution in [2.45, 2.75) is 36.4 Å². The lowest BCUT2D eigenvalue weighted by molar-refractivity contribution is -0.122. The van der Waals surface area contributed by atoms with E-state index in [-0.39, 0.29) is 24.8 Å². The summed E-state index contributed by atoms with van der Waals surface area (Å²) in [5.41, 5.74) is 1.92. The van der Waals surface area contributed by atoms with Gasteiger partial charge in [-0.05, 0) is 35.7 Å². The number of fused-ring (bicyclic) bond motifs is 1. The Kier molecular flexibility index (Phi) is 6.13. The molecule has 0 aliphatic heterocycles. The van der Waals surface area contributed by atoms with Crippen LogP contribution in [0.3, 0.4) is 0 Å². The summed E-state index contributed by atoms with van der Waals surface area (Å²) >= 11 is 1.44. The molecule has 0 unspecified atom stereocenters. The molecule has 1 N–H and O–H groups in total. The second-order valence-electron chi connectivity index (χ2n) is 6.83. The fourth-order valence-corrected chi connectivity index (χ4v) is 4.14. The van der Waals surface area contributed by atoms with Gasteiger partial charge < -0.3 is 5.32 Å². The number of carbonyl (C=O) groups is 1. The van der Waals surface area contributed by atoms with Gasteiger partial charge in [0, 0.05) is 23.8 Å². The Labute approximate surface area is 181 Å². The first-order valence-electron chi connectivity index (χ1n) is 9.76. The van der Waals surface area contributed by atoms with Crippen molar-refractivity contribution < 1.29 is 9.18 Å². The van der Waals surface area contributed by atoms with E-state index in [4.69, 9.17) is 0 Å². The van der Waals surface area contributed by atoms with Gasteiger partial charge in [0.25, 0.3) is 0 Å². The first kappa shape index (κ1) is 20.8. The molecule has 2 aromatic heterocycles. The van der Waals surface area contributed by atoms with Crippen molar-refractivity contribution in [3.05, 3.63) is 88.4 Å². The summed E-state index contributed by atoms with van der Waals surface area (Å²) in [5, 5.41) is 7.65. The highest BCUT2D eigenvalue weighted by Crippen LogP contribution is 2.30. The van der Waals surface area contributed by atoms with Gasteiger partial charge >= 0.3 is 5.69 Å². The van der Waals surface area contributed by atoms with Crippen LogP contribution in [0.15, 0.2) is 75.6 Å². The normalized spacial score (nSPS) is 11.0. The summed E-state index contributed by atoms with van der Waals surface area (Å²) in [4.78, 5) is 30.5. The molecule has 2 heterocycles. The number of aromatic nitrogens is 4. The van der Waals surface area contributed by atoms with Crippen molar-refractivity contribution >= 4 is 23.3 Å². The summed E-state index contributed by atoms with van der Waals surface area (Å²) in [5.74, 6) is -0.705. The Morgan fingerprint density at radius 2 is 1.94 bits per heavy atom. The fourth-order valence-electron chi connectivity index (χ4n) is 3.10. The molecule has 0 bridgehead atoms. The van der Waals surface area contributed by atoms with E-state index in [9.17, 15) is 14.0 Å². The van der Waals surface area contributed by atoms with Crippen LogP contribution in [0.2, 0.25) is 0 Å². The second kappa shape index (κ2) is 9.13. The molecule has 0 radical (unpaired) electrons. The number of halogens is 1. The number of amides is 1. The van der Waals surface area contributed by atoms with E-state index in [1.165, 1.54) is 40.1 Å². The third-order valence-corrected chi connectivity index (χ3v) is 5.83. The van der Waals surface area contributed by atoms with Crippen LogP contribution < -0.4 is 11.0 Å². The molecule has 4 aromatic rings. The lowest BCUT2D eigenvalue weighted by Gasteiger charge is -2.06. The Hall–Kier alpha value is -3.46. The van der Waals surface area contributed by atoms with Crippen LogP contribution in [-0.4, -0.2) is 25.1 Å². The van der Waals surface area contributed by atoms with E-state index in [2.05, 4.69) is 28.4 Å². The number of aryl methyl sites for hydroxylation is 1. The topological polar surface area (TPSA) is 81.3 Å². The molecule has 2 aromatic carbocycles.